The highest BCUT2D eigenvalue weighted by molar-refractivity contribution is 6.05. The van der Waals surface area contributed by atoms with Crippen LogP contribution in [0.3, 0.4) is 0 Å². The number of likely N-dealkylation sites (tertiary alicyclic amines) is 1. The average molecular weight is 337 g/mol. The van der Waals surface area contributed by atoms with Gasteiger partial charge in [-0.2, -0.15) is 0 Å². The molecule has 3 unspecified atom stereocenters. The summed E-state index contributed by atoms with van der Waals surface area (Å²) in [6.45, 7) is 4.23. The van der Waals surface area contributed by atoms with Gasteiger partial charge in [0.25, 0.3) is 0 Å². The molecule has 1 heterocycles. The van der Waals surface area contributed by atoms with E-state index in [9.17, 15) is 19.2 Å². The van der Waals surface area contributed by atoms with Crippen molar-refractivity contribution in [3.8, 4) is 0 Å². The molecule has 1 saturated carbocycles. The van der Waals surface area contributed by atoms with Gasteiger partial charge in [-0.25, -0.2) is 0 Å². The number of carbonyl (C=O) groups is 4. The fourth-order valence-electron chi connectivity index (χ4n) is 3.45. The number of hydrogen-bond acceptors (Lipinski definition) is 4. The molecule has 0 spiro atoms. The normalized spacial score (nSPS) is 24.5. The summed E-state index contributed by atoms with van der Waals surface area (Å²) in [5.41, 5.74) is 0. The van der Waals surface area contributed by atoms with Gasteiger partial charge >= 0.3 is 0 Å². The second-order valence-electron chi connectivity index (χ2n) is 6.66. The van der Waals surface area contributed by atoms with E-state index in [1.807, 2.05) is 6.92 Å². The van der Waals surface area contributed by atoms with E-state index in [0.29, 0.717) is 6.54 Å². The molecule has 0 bridgehead atoms. The maximum atomic E-state index is 12.3. The van der Waals surface area contributed by atoms with Crippen molar-refractivity contribution in [2.24, 2.45) is 11.8 Å². The lowest BCUT2D eigenvalue weighted by molar-refractivity contribution is -0.140. The van der Waals surface area contributed by atoms with E-state index in [-0.39, 0.29) is 48.4 Å². The fourth-order valence-corrected chi connectivity index (χ4v) is 3.45. The van der Waals surface area contributed by atoms with E-state index in [4.69, 9.17) is 0 Å². The van der Waals surface area contributed by atoms with E-state index in [1.165, 1.54) is 4.90 Å². The van der Waals surface area contributed by atoms with Crippen molar-refractivity contribution in [1.82, 2.24) is 15.5 Å². The molecule has 7 nitrogen and oxygen atoms in total. The van der Waals surface area contributed by atoms with Gasteiger partial charge in [-0.05, 0) is 26.2 Å². The van der Waals surface area contributed by atoms with E-state index in [2.05, 4.69) is 10.6 Å². The minimum atomic E-state index is -0.628. The molecule has 2 N–H and O–H groups in total. The van der Waals surface area contributed by atoms with Gasteiger partial charge in [0.2, 0.25) is 23.6 Å². The van der Waals surface area contributed by atoms with Crippen molar-refractivity contribution in [3.63, 3.8) is 0 Å². The summed E-state index contributed by atoms with van der Waals surface area (Å²) in [4.78, 5) is 49.6. The van der Waals surface area contributed by atoms with E-state index in [0.717, 1.165) is 32.1 Å². The largest absolute Gasteiger partial charge is 0.354 e. The van der Waals surface area contributed by atoms with Crippen LogP contribution in [-0.4, -0.2) is 47.7 Å². The highest BCUT2D eigenvalue weighted by Crippen LogP contribution is 2.37. The maximum Gasteiger partial charge on any atom is 0.242 e. The SMILES string of the molecule is CCCNC(=O)C(C)NC(=O)CCN1C(=O)C2CCCCC2C1=O. The molecule has 0 aromatic carbocycles. The molecule has 2 aliphatic rings. The second-order valence-corrected chi connectivity index (χ2v) is 6.66. The third kappa shape index (κ3) is 4.13. The minimum absolute atomic E-state index is 0.0301. The zero-order chi connectivity index (χ0) is 17.7. The van der Waals surface area contributed by atoms with Crippen molar-refractivity contribution < 1.29 is 19.2 Å². The minimum Gasteiger partial charge on any atom is -0.354 e. The molecule has 0 radical (unpaired) electrons. The lowest BCUT2D eigenvalue weighted by Gasteiger charge is -2.19. The van der Waals surface area contributed by atoms with Crippen molar-refractivity contribution in [2.75, 3.05) is 13.1 Å². The van der Waals surface area contributed by atoms with Crippen LogP contribution in [0.2, 0.25) is 0 Å². The molecule has 0 aromatic rings. The van der Waals surface area contributed by atoms with Crippen LogP contribution in [-0.2, 0) is 19.2 Å². The number of nitrogens with zero attached hydrogens (tertiary/aromatic N) is 1. The van der Waals surface area contributed by atoms with Gasteiger partial charge in [-0.1, -0.05) is 19.8 Å². The van der Waals surface area contributed by atoms with Gasteiger partial charge in [0.05, 0.1) is 11.8 Å². The molecule has 4 amide bonds. The summed E-state index contributed by atoms with van der Waals surface area (Å²) in [5.74, 6) is -1.20. The molecular weight excluding hydrogens is 310 g/mol. The molecule has 0 aromatic heterocycles. The molecule has 1 aliphatic heterocycles. The summed E-state index contributed by atoms with van der Waals surface area (Å²) in [6.07, 6.45) is 4.37. The van der Waals surface area contributed by atoms with Gasteiger partial charge in [0.1, 0.15) is 6.04 Å². The van der Waals surface area contributed by atoms with Crippen LogP contribution in [0.5, 0.6) is 0 Å². The Hall–Kier alpha value is -1.92. The third-order valence-electron chi connectivity index (χ3n) is 4.81. The number of imide groups is 1. The Labute approximate surface area is 142 Å². The Morgan fingerprint density at radius 2 is 1.75 bits per heavy atom. The van der Waals surface area contributed by atoms with Crippen molar-refractivity contribution in [3.05, 3.63) is 0 Å². The number of nitrogens with one attached hydrogen (secondary N) is 2. The topological polar surface area (TPSA) is 95.6 Å². The first-order valence-corrected chi connectivity index (χ1v) is 8.88. The predicted molar refractivity (Wildman–Crippen MR) is 87.7 cm³/mol. The van der Waals surface area contributed by atoms with Gasteiger partial charge < -0.3 is 10.6 Å². The summed E-state index contributed by atoms with van der Waals surface area (Å²) >= 11 is 0. The fraction of sp³-hybridized carbons (Fsp3) is 0.765. The Balaban J connectivity index is 1.80. The molecule has 2 rings (SSSR count). The van der Waals surface area contributed by atoms with Crippen LogP contribution in [0, 0.1) is 11.8 Å². The Morgan fingerprint density at radius 1 is 1.17 bits per heavy atom. The summed E-state index contributed by atoms with van der Waals surface area (Å²) in [7, 11) is 0. The van der Waals surface area contributed by atoms with Crippen LogP contribution >= 0.6 is 0 Å². The highest BCUT2D eigenvalue weighted by Gasteiger charge is 2.47. The molecule has 134 valence electrons. The monoisotopic (exact) mass is 337 g/mol. The zero-order valence-electron chi connectivity index (χ0n) is 14.5. The number of hydrogen-bond donors (Lipinski definition) is 2. The van der Waals surface area contributed by atoms with Crippen LogP contribution in [0.25, 0.3) is 0 Å². The van der Waals surface area contributed by atoms with Crippen molar-refractivity contribution >= 4 is 23.6 Å². The van der Waals surface area contributed by atoms with E-state index >= 15 is 0 Å². The van der Waals surface area contributed by atoms with Crippen LogP contribution in [0.15, 0.2) is 0 Å². The lowest BCUT2D eigenvalue weighted by Crippen LogP contribution is -2.46. The van der Waals surface area contributed by atoms with Crippen LogP contribution < -0.4 is 10.6 Å². The lowest BCUT2D eigenvalue weighted by atomic mass is 9.81. The second kappa shape index (κ2) is 8.26. The molecule has 1 saturated heterocycles. The predicted octanol–water partition coefficient (Wildman–Crippen LogP) is 0.583. The Morgan fingerprint density at radius 3 is 2.29 bits per heavy atom. The molecule has 3 atom stereocenters. The number of amides is 4. The van der Waals surface area contributed by atoms with Crippen molar-refractivity contribution in [2.45, 2.75) is 58.4 Å². The maximum absolute atomic E-state index is 12.3. The summed E-state index contributed by atoms with van der Waals surface area (Å²) < 4.78 is 0. The summed E-state index contributed by atoms with van der Waals surface area (Å²) in [5, 5.41) is 5.31. The molecule has 1 aliphatic carbocycles. The van der Waals surface area contributed by atoms with E-state index < -0.39 is 6.04 Å². The number of carbonyl (C=O) groups excluding carboxylic acids is 4. The molecular formula is C17H27N3O4. The van der Waals surface area contributed by atoms with E-state index in [1.54, 1.807) is 6.92 Å². The van der Waals surface area contributed by atoms with Gasteiger partial charge in [-0.3, -0.25) is 24.1 Å². The number of fused-ring (bicyclic) bond motifs is 1. The quantitative estimate of drug-likeness (QED) is 0.664. The highest BCUT2D eigenvalue weighted by atomic mass is 16.2. The van der Waals surface area contributed by atoms with Gasteiger partial charge in [0, 0.05) is 19.5 Å². The van der Waals surface area contributed by atoms with Gasteiger partial charge in [-0.15, -0.1) is 0 Å². The zero-order valence-corrected chi connectivity index (χ0v) is 14.5. The standard InChI is InChI=1S/C17H27N3O4/c1-3-9-18-15(22)11(2)19-14(21)8-10-20-16(23)12-6-4-5-7-13(12)17(20)24/h11-13H,3-10H2,1-2H3,(H,18,22)(H,19,21). The first-order chi connectivity index (χ1) is 11.5. The summed E-state index contributed by atoms with van der Waals surface area (Å²) in [6, 6.07) is -0.628. The first-order valence-electron chi connectivity index (χ1n) is 8.88. The Kier molecular flexibility index (Phi) is 6.34. The molecule has 7 heteroatoms. The van der Waals surface area contributed by atoms with Crippen molar-refractivity contribution in [1.29, 1.82) is 0 Å². The molecule has 24 heavy (non-hydrogen) atoms. The van der Waals surface area contributed by atoms with Crippen LogP contribution in [0.1, 0.15) is 52.4 Å². The smallest absolute Gasteiger partial charge is 0.242 e. The van der Waals surface area contributed by atoms with Crippen LogP contribution in [0.4, 0.5) is 0 Å². The first kappa shape index (κ1) is 18.4. The Bertz CT molecular complexity index is 496. The average Bonchev–Trinajstić information content (AvgIpc) is 2.82. The third-order valence-corrected chi connectivity index (χ3v) is 4.81. The molecule has 2 fully saturated rings. The van der Waals surface area contributed by atoms with Gasteiger partial charge in [0.15, 0.2) is 0 Å². The number of rotatable bonds is 7.